The average Bonchev–Trinajstić information content (AvgIpc) is 3.64. The second-order valence-electron chi connectivity index (χ2n) is 14.9. The van der Waals surface area contributed by atoms with Gasteiger partial charge in [-0.05, 0) is 104 Å². The lowest BCUT2D eigenvalue weighted by Crippen LogP contribution is -2.10. The van der Waals surface area contributed by atoms with E-state index in [4.69, 9.17) is 0 Å². The molecular formula is C56H38N2. The lowest BCUT2D eigenvalue weighted by Gasteiger charge is -2.27. The Bertz CT molecular complexity index is 3190. The molecule has 2 heteroatoms. The Kier molecular flexibility index (Phi) is 8.19. The number of para-hydroxylation sites is 2. The van der Waals surface area contributed by atoms with Gasteiger partial charge in [-0.3, -0.25) is 0 Å². The Labute approximate surface area is 338 Å². The third-order valence-corrected chi connectivity index (χ3v) is 11.6. The van der Waals surface area contributed by atoms with Gasteiger partial charge in [0.1, 0.15) is 0 Å². The van der Waals surface area contributed by atoms with Gasteiger partial charge in [0.15, 0.2) is 0 Å². The van der Waals surface area contributed by atoms with Crippen LogP contribution in [0.15, 0.2) is 231 Å². The lowest BCUT2D eigenvalue weighted by molar-refractivity contribution is 1.18. The number of benzene rings is 10. The van der Waals surface area contributed by atoms with E-state index in [0.717, 1.165) is 22.7 Å². The Morgan fingerprint density at radius 1 is 0.293 bits per heavy atom. The van der Waals surface area contributed by atoms with E-state index in [-0.39, 0.29) is 0 Å². The summed E-state index contributed by atoms with van der Waals surface area (Å²) >= 11 is 0. The van der Waals surface area contributed by atoms with Crippen LogP contribution in [0.2, 0.25) is 0 Å². The first-order chi connectivity index (χ1) is 28.8. The van der Waals surface area contributed by atoms with Gasteiger partial charge in [-0.15, -0.1) is 0 Å². The maximum absolute atomic E-state index is 2.39. The van der Waals surface area contributed by atoms with Gasteiger partial charge < -0.3 is 9.47 Å². The molecule has 1 heterocycles. The van der Waals surface area contributed by atoms with Crippen LogP contribution in [0.3, 0.4) is 0 Å². The molecule has 0 aliphatic heterocycles. The van der Waals surface area contributed by atoms with Crippen molar-refractivity contribution in [3.63, 3.8) is 0 Å². The normalized spacial score (nSPS) is 11.4. The van der Waals surface area contributed by atoms with Crippen LogP contribution in [0.4, 0.5) is 17.1 Å². The summed E-state index contributed by atoms with van der Waals surface area (Å²) in [5, 5.41) is 7.48. The highest BCUT2D eigenvalue weighted by Crippen LogP contribution is 2.42. The number of hydrogen-bond donors (Lipinski definition) is 0. The van der Waals surface area contributed by atoms with Crippen molar-refractivity contribution in [1.29, 1.82) is 0 Å². The number of fused-ring (bicyclic) bond motifs is 5. The molecule has 0 spiro atoms. The summed E-state index contributed by atoms with van der Waals surface area (Å²) < 4.78 is 2.37. The topological polar surface area (TPSA) is 8.17 Å². The number of hydrogen-bond acceptors (Lipinski definition) is 1. The smallest absolute Gasteiger partial charge is 0.0541 e. The van der Waals surface area contributed by atoms with E-state index in [1.54, 1.807) is 0 Å². The van der Waals surface area contributed by atoms with Gasteiger partial charge in [0, 0.05) is 33.2 Å². The minimum atomic E-state index is 1.10. The summed E-state index contributed by atoms with van der Waals surface area (Å²) in [6.45, 7) is 0. The quantitative estimate of drug-likeness (QED) is 0.158. The molecule has 0 amide bonds. The minimum Gasteiger partial charge on any atom is -0.310 e. The Morgan fingerprint density at radius 2 is 0.741 bits per heavy atom. The molecule has 0 N–H and O–H groups in total. The largest absolute Gasteiger partial charge is 0.310 e. The predicted molar refractivity (Wildman–Crippen MR) is 247 cm³/mol. The van der Waals surface area contributed by atoms with E-state index in [1.807, 2.05) is 0 Å². The van der Waals surface area contributed by atoms with Crippen LogP contribution in [0.5, 0.6) is 0 Å². The molecule has 11 aromatic rings. The highest BCUT2D eigenvalue weighted by atomic mass is 15.1. The first-order valence-electron chi connectivity index (χ1n) is 19.9. The summed E-state index contributed by atoms with van der Waals surface area (Å²) in [7, 11) is 0. The zero-order valence-electron chi connectivity index (χ0n) is 31.8. The number of anilines is 3. The van der Waals surface area contributed by atoms with E-state index in [9.17, 15) is 0 Å². The monoisotopic (exact) mass is 738 g/mol. The fourth-order valence-electron chi connectivity index (χ4n) is 8.87. The molecule has 0 aliphatic carbocycles. The fourth-order valence-corrected chi connectivity index (χ4v) is 8.87. The second kappa shape index (κ2) is 14.1. The van der Waals surface area contributed by atoms with Gasteiger partial charge in [0.25, 0.3) is 0 Å². The molecule has 10 aromatic carbocycles. The van der Waals surface area contributed by atoms with Crippen molar-refractivity contribution in [1.82, 2.24) is 4.57 Å². The van der Waals surface area contributed by atoms with Crippen LogP contribution in [-0.4, -0.2) is 4.57 Å². The van der Waals surface area contributed by atoms with Crippen molar-refractivity contribution in [3.8, 4) is 39.1 Å². The molecule has 0 unspecified atom stereocenters. The maximum Gasteiger partial charge on any atom is 0.0541 e. The van der Waals surface area contributed by atoms with Crippen LogP contribution in [0.1, 0.15) is 0 Å². The molecule has 272 valence electrons. The van der Waals surface area contributed by atoms with Crippen molar-refractivity contribution in [3.05, 3.63) is 231 Å². The van der Waals surface area contributed by atoms with Gasteiger partial charge in [0.05, 0.1) is 16.7 Å². The highest BCUT2D eigenvalue weighted by Gasteiger charge is 2.17. The predicted octanol–water partition coefficient (Wildman–Crippen LogP) is 15.6. The van der Waals surface area contributed by atoms with E-state index < -0.39 is 0 Å². The molecule has 11 rings (SSSR count). The van der Waals surface area contributed by atoms with Gasteiger partial charge in [0.2, 0.25) is 0 Å². The molecule has 0 fully saturated rings. The summed E-state index contributed by atoms with van der Waals surface area (Å²) in [4.78, 5) is 2.39. The zero-order valence-corrected chi connectivity index (χ0v) is 31.8. The Balaban J connectivity index is 0.973. The SMILES string of the molecule is c1ccc(-c2cccc3cccc(-c4ccc(N(c5ccc(-c6ccc(-n7c8ccccc8c8ccccc87)cc6)cc5)c5cccc6ccccc56)cc4)c23)cc1. The van der Waals surface area contributed by atoms with Crippen molar-refractivity contribution in [2.45, 2.75) is 0 Å². The first kappa shape index (κ1) is 33.6. The molecule has 0 aliphatic rings. The molecule has 0 saturated carbocycles. The standard InChI is InChI=1S/C56H38N2/c1-2-13-42(14-3-1)49-22-10-17-44-18-11-23-50(56(44)49)43-31-37-46(38-32-43)57(53-26-12-16-41-15-4-5-19-48(41)53)45-33-27-39(28-34-45)40-29-35-47(36-30-40)58-54-24-8-6-20-51(54)52-21-7-9-25-55(52)58/h1-38H. The molecular weight excluding hydrogens is 701 g/mol. The van der Waals surface area contributed by atoms with E-state index in [1.165, 1.54) is 76.7 Å². The van der Waals surface area contributed by atoms with Crippen LogP contribution in [-0.2, 0) is 0 Å². The van der Waals surface area contributed by atoms with Crippen molar-refractivity contribution < 1.29 is 0 Å². The average molecular weight is 739 g/mol. The summed E-state index contributed by atoms with van der Waals surface area (Å²) in [6, 6.07) is 83.6. The maximum atomic E-state index is 2.39. The van der Waals surface area contributed by atoms with Crippen LogP contribution in [0.25, 0.3) is 82.4 Å². The number of nitrogens with zero attached hydrogens (tertiary/aromatic N) is 2. The second-order valence-corrected chi connectivity index (χ2v) is 14.9. The van der Waals surface area contributed by atoms with Gasteiger partial charge in [-0.25, -0.2) is 0 Å². The number of aromatic nitrogens is 1. The van der Waals surface area contributed by atoms with Crippen LogP contribution < -0.4 is 4.90 Å². The zero-order chi connectivity index (χ0) is 38.4. The third-order valence-electron chi connectivity index (χ3n) is 11.6. The molecule has 0 atom stereocenters. The molecule has 0 bridgehead atoms. The summed E-state index contributed by atoms with van der Waals surface area (Å²) in [6.07, 6.45) is 0. The molecule has 58 heavy (non-hydrogen) atoms. The molecule has 1 aromatic heterocycles. The summed E-state index contributed by atoms with van der Waals surface area (Å²) in [5.74, 6) is 0. The minimum absolute atomic E-state index is 1.10. The number of rotatable bonds is 7. The molecule has 0 saturated heterocycles. The third kappa shape index (κ3) is 5.74. The lowest BCUT2D eigenvalue weighted by atomic mass is 9.91. The van der Waals surface area contributed by atoms with Crippen molar-refractivity contribution in [2.24, 2.45) is 0 Å². The van der Waals surface area contributed by atoms with Gasteiger partial charge in [-0.1, -0.05) is 176 Å². The highest BCUT2D eigenvalue weighted by molar-refractivity contribution is 6.09. The first-order valence-corrected chi connectivity index (χ1v) is 19.9. The van der Waals surface area contributed by atoms with Crippen LogP contribution in [0, 0.1) is 0 Å². The Morgan fingerprint density at radius 3 is 1.36 bits per heavy atom. The van der Waals surface area contributed by atoms with Crippen molar-refractivity contribution >= 4 is 60.4 Å². The van der Waals surface area contributed by atoms with E-state index >= 15 is 0 Å². The fraction of sp³-hybridized carbons (Fsp3) is 0. The van der Waals surface area contributed by atoms with Crippen LogP contribution >= 0.6 is 0 Å². The molecule has 2 nitrogen and oxygen atoms in total. The molecule has 0 radical (unpaired) electrons. The van der Waals surface area contributed by atoms with Gasteiger partial charge >= 0.3 is 0 Å². The van der Waals surface area contributed by atoms with E-state index in [2.05, 4.69) is 240 Å². The van der Waals surface area contributed by atoms with Gasteiger partial charge in [-0.2, -0.15) is 0 Å². The van der Waals surface area contributed by atoms with Crippen molar-refractivity contribution in [2.75, 3.05) is 4.90 Å². The summed E-state index contributed by atoms with van der Waals surface area (Å²) in [5.41, 5.74) is 14.2. The van der Waals surface area contributed by atoms with E-state index in [0.29, 0.717) is 0 Å². The Hall–Kier alpha value is -7.68.